The first-order chi connectivity index (χ1) is 9.41. The van der Waals surface area contributed by atoms with Crippen LogP contribution in [0, 0.1) is 22.7 Å². The van der Waals surface area contributed by atoms with Crippen molar-refractivity contribution in [2.75, 3.05) is 26.3 Å². The summed E-state index contributed by atoms with van der Waals surface area (Å²) in [4.78, 5) is 13.5. The molecule has 0 spiro atoms. The maximum Gasteiger partial charge on any atom is 0.310 e. The molecule has 0 aromatic rings. The Balaban J connectivity index is 2.56. The van der Waals surface area contributed by atoms with Crippen molar-refractivity contribution in [1.82, 2.24) is 4.90 Å². The van der Waals surface area contributed by atoms with Gasteiger partial charge in [0.15, 0.2) is 0 Å². The highest BCUT2D eigenvalue weighted by molar-refractivity contribution is 5.71. The van der Waals surface area contributed by atoms with E-state index in [1.807, 2.05) is 13.8 Å². The molecule has 1 aliphatic rings. The number of hydrogen-bond acceptors (Lipinski definition) is 4. The van der Waals surface area contributed by atoms with E-state index in [4.69, 9.17) is 10.00 Å². The van der Waals surface area contributed by atoms with E-state index in [2.05, 4.69) is 17.9 Å². The monoisotopic (exact) mass is 282 g/mol. The molecule has 2 atom stereocenters. The summed E-state index contributed by atoms with van der Waals surface area (Å²) >= 11 is 0. The number of rotatable bonds is 8. The highest BCUT2D eigenvalue weighted by Crippen LogP contribution is 2.24. The second-order valence-corrected chi connectivity index (χ2v) is 6.18. The summed E-state index contributed by atoms with van der Waals surface area (Å²) in [5, 5.41) is 18.3. The normalized spacial score (nSPS) is 22.9. The number of carboxylic acid groups (broad SMARTS) is 1. The number of carbonyl (C=O) groups is 1. The van der Waals surface area contributed by atoms with Crippen LogP contribution in [0.2, 0.25) is 0 Å². The Hall–Kier alpha value is -1.12. The third kappa shape index (κ3) is 4.77. The molecule has 1 N–H and O–H groups in total. The molecule has 1 aliphatic heterocycles. The zero-order chi connectivity index (χ0) is 15.2. The molecule has 1 fully saturated rings. The van der Waals surface area contributed by atoms with Gasteiger partial charge >= 0.3 is 5.97 Å². The average Bonchev–Trinajstić information content (AvgIpc) is 2.87. The number of carboxylic acids is 1. The minimum Gasteiger partial charge on any atom is -0.481 e. The van der Waals surface area contributed by atoms with Crippen LogP contribution in [-0.4, -0.2) is 48.3 Å². The topological polar surface area (TPSA) is 73.6 Å². The van der Waals surface area contributed by atoms with Crippen molar-refractivity contribution in [3.63, 3.8) is 0 Å². The van der Waals surface area contributed by atoms with E-state index in [1.54, 1.807) is 0 Å². The van der Waals surface area contributed by atoms with Gasteiger partial charge in [-0.25, -0.2) is 0 Å². The van der Waals surface area contributed by atoms with Crippen LogP contribution >= 0.6 is 0 Å². The predicted molar refractivity (Wildman–Crippen MR) is 76.2 cm³/mol. The van der Waals surface area contributed by atoms with E-state index < -0.39 is 11.9 Å². The van der Waals surface area contributed by atoms with Crippen LogP contribution < -0.4 is 0 Å². The van der Waals surface area contributed by atoms with E-state index in [-0.39, 0.29) is 11.5 Å². The van der Waals surface area contributed by atoms with Gasteiger partial charge in [0.05, 0.1) is 30.6 Å². The number of nitrogens with zero attached hydrogens (tertiary/aromatic N) is 2. The second kappa shape index (κ2) is 7.61. The summed E-state index contributed by atoms with van der Waals surface area (Å²) < 4.78 is 5.35. The van der Waals surface area contributed by atoms with Crippen molar-refractivity contribution in [2.45, 2.75) is 46.1 Å². The molecule has 5 heteroatoms. The third-order valence-electron chi connectivity index (χ3n) is 3.90. The Labute approximate surface area is 121 Å². The Morgan fingerprint density at radius 2 is 2.15 bits per heavy atom. The van der Waals surface area contributed by atoms with E-state index in [0.717, 1.165) is 32.4 Å². The van der Waals surface area contributed by atoms with Gasteiger partial charge in [-0.05, 0) is 46.2 Å². The van der Waals surface area contributed by atoms with Gasteiger partial charge in [0.2, 0.25) is 0 Å². The zero-order valence-corrected chi connectivity index (χ0v) is 12.8. The van der Waals surface area contributed by atoms with Gasteiger partial charge in [0.25, 0.3) is 0 Å². The smallest absolute Gasteiger partial charge is 0.310 e. The first-order valence-corrected chi connectivity index (χ1v) is 7.37. The molecule has 1 heterocycles. The lowest BCUT2D eigenvalue weighted by Crippen LogP contribution is -2.44. The van der Waals surface area contributed by atoms with Crippen LogP contribution in [0.25, 0.3) is 0 Å². The molecule has 0 amide bonds. The van der Waals surface area contributed by atoms with Crippen molar-refractivity contribution >= 4 is 5.97 Å². The van der Waals surface area contributed by atoms with E-state index in [9.17, 15) is 9.90 Å². The lowest BCUT2D eigenvalue weighted by Gasteiger charge is -2.30. The van der Waals surface area contributed by atoms with Crippen LogP contribution in [-0.2, 0) is 9.53 Å². The maximum atomic E-state index is 11.3. The standard InChI is InChI=1S/C15H26N2O3/c1-4-7-17(8-5-6-15(2,3)11-16)13-10-20-9-12(13)14(18)19/h12-13H,4-10H2,1-3H3,(H,18,19). The fourth-order valence-corrected chi connectivity index (χ4v) is 2.65. The average molecular weight is 282 g/mol. The van der Waals surface area contributed by atoms with Crippen LogP contribution in [0.5, 0.6) is 0 Å². The van der Waals surface area contributed by atoms with E-state index in [0.29, 0.717) is 13.2 Å². The molecule has 0 bridgehead atoms. The Morgan fingerprint density at radius 3 is 2.70 bits per heavy atom. The Morgan fingerprint density at radius 1 is 1.45 bits per heavy atom. The van der Waals surface area contributed by atoms with Crippen molar-refractivity contribution in [3.8, 4) is 6.07 Å². The summed E-state index contributed by atoms with van der Waals surface area (Å²) in [6.45, 7) is 8.49. The number of hydrogen-bond donors (Lipinski definition) is 1. The lowest BCUT2D eigenvalue weighted by molar-refractivity contribution is -0.143. The minimum absolute atomic E-state index is 0.0300. The fraction of sp³-hybridized carbons (Fsp3) is 0.867. The SMILES string of the molecule is CCCN(CCCC(C)(C)C#N)C1COCC1C(=O)O. The van der Waals surface area contributed by atoms with Gasteiger partial charge in [0.1, 0.15) is 0 Å². The van der Waals surface area contributed by atoms with Gasteiger partial charge in [-0.15, -0.1) is 0 Å². The molecule has 5 nitrogen and oxygen atoms in total. The van der Waals surface area contributed by atoms with Gasteiger partial charge in [-0.3, -0.25) is 9.69 Å². The molecule has 0 aliphatic carbocycles. The van der Waals surface area contributed by atoms with Crippen LogP contribution in [0.15, 0.2) is 0 Å². The van der Waals surface area contributed by atoms with E-state index in [1.165, 1.54) is 0 Å². The molecule has 1 rings (SSSR count). The quantitative estimate of drug-likeness (QED) is 0.738. The fourth-order valence-electron chi connectivity index (χ4n) is 2.65. The molecule has 0 aromatic heterocycles. The molecule has 1 saturated heterocycles. The van der Waals surface area contributed by atoms with Crippen LogP contribution in [0.4, 0.5) is 0 Å². The number of aliphatic carboxylic acids is 1. The largest absolute Gasteiger partial charge is 0.481 e. The van der Waals surface area contributed by atoms with Crippen molar-refractivity contribution in [1.29, 1.82) is 5.26 Å². The van der Waals surface area contributed by atoms with Crippen molar-refractivity contribution in [2.24, 2.45) is 11.3 Å². The maximum absolute atomic E-state index is 11.3. The minimum atomic E-state index is -0.772. The molecule has 0 aromatic carbocycles. The number of ether oxygens (including phenoxy) is 1. The van der Waals surface area contributed by atoms with Gasteiger partial charge < -0.3 is 9.84 Å². The van der Waals surface area contributed by atoms with Gasteiger partial charge in [0, 0.05) is 6.04 Å². The summed E-state index contributed by atoms with van der Waals surface area (Å²) in [6.07, 6.45) is 2.73. The molecular weight excluding hydrogens is 256 g/mol. The molecular formula is C15H26N2O3. The Bertz CT molecular complexity index is 363. The molecule has 2 unspecified atom stereocenters. The molecule has 0 saturated carbocycles. The number of nitriles is 1. The van der Waals surface area contributed by atoms with Crippen molar-refractivity contribution in [3.05, 3.63) is 0 Å². The summed E-state index contributed by atoms with van der Waals surface area (Å²) in [6, 6.07) is 2.28. The summed E-state index contributed by atoms with van der Waals surface area (Å²) in [5.41, 5.74) is -0.309. The summed E-state index contributed by atoms with van der Waals surface area (Å²) in [5.74, 6) is -1.20. The first kappa shape index (κ1) is 16.9. The Kier molecular flexibility index (Phi) is 6.44. The van der Waals surface area contributed by atoms with E-state index >= 15 is 0 Å². The van der Waals surface area contributed by atoms with Gasteiger partial charge in [-0.1, -0.05) is 6.92 Å². The highest BCUT2D eigenvalue weighted by atomic mass is 16.5. The zero-order valence-electron chi connectivity index (χ0n) is 12.8. The third-order valence-corrected chi connectivity index (χ3v) is 3.90. The van der Waals surface area contributed by atoms with Gasteiger partial charge in [-0.2, -0.15) is 5.26 Å². The van der Waals surface area contributed by atoms with Crippen LogP contribution in [0.1, 0.15) is 40.0 Å². The highest BCUT2D eigenvalue weighted by Gasteiger charge is 2.37. The first-order valence-electron chi connectivity index (χ1n) is 7.37. The molecule has 0 radical (unpaired) electrons. The summed E-state index contributed by atoms with van der Waals surface area (Å²) in [7, 11) is 0. The second-order valence-electron chi connectivity index (χ2n) is 6.18. The van der Waals surface area contributed by atoms with Crippen molar-refractivity contribution < 1.29 is 14.6 Å². The molecule has 114 valence electrons. The van der Waals surface area contributed by atoms with Crippen LogP contribution in [0.3, 0.4) is 0 Å². The predicted octanol–water partition coefficient (Wildman–Crippen LogP) is 2.13. The molecule has 20 heavy (non-hydrogen) atoms. The lowest BCUT2D eigenvalue weighted by atomic mass is 9.89.